The molecule has 0 aliphatic heterocycles. The molecule has 0 aliphatic carbocycles. The van der Waals surface area contributed by atoms with Crippen molar-refractivity contribution in [2.75, 3.05) is 13.1 Å². The minimum absolute atomic E-state index is 0.0360. The highest BCUT2D eigenvalue weighted by Crippen LogP contribution is 2.17. The van der Waals surface area contributed by atoms with Gasteiger partial charge in [-0.3, -0.25) is 9.59 Å². The summed E-state index contributed by atoms with van der Waals surface area (Å²) in [5, 5.41) is 7.14. The molecule has 4 N–H and O–H groups in total. The first-order valence-corrected chi connectivity index (χ1v) is 5.81. The number of hydrogen-bond acceptors (Lipinski definition) is 4. The standard InChI is InChI=1S/C10H15N3O2S/c1-7(8-3-2-4-16-8)13-10(15)6-12-9(14)5-11/h2-4,7H,5-6,11H2,1H3,(H,12,14)(H,13,15). The third kappa shape index (κ3) is 4.00. The third-order valence-electron chi connectivity index (χ3n) is 1.98. The Morgan fingerprint density at radius 2 is 2.25 bits per heavy atom. The number of nitrogens with one attached hydrogen (secondary N) is 2. The van der Waals surface area contributed by atoms with E-state index in [1.54, 1.807) is 11.3 Å². The zero-order valence-electron chi connectivity index (χ0n) is 9.03. The summed E-state index contributed by atoms with van der Waals surface area (Å²) in [6, 6.07) is 3.84. The van der Waals surface area contributed by atoms with Gasteiger partial charge < -0.3 is 16.4 Å². The molecule has 0 fully saturated rings. The molecule has 0 radical (unpaired) electrons. The van der Waals surface area contributed by atoms with E-state index < -0.39 is 0 Å². The molecule has 0 aliphatic rings. The van der Waals surface area contributed by atoms with Crippen LogP contribution in [-0.4, -0.2) is 24.9 Å². The van der Waals surface area contributed by atoms with Crippen LogP contribution < -0.4 is 16.4 Å². The van der Waals surface area contributed by atoms with E-state index in [2.05, 4.69) is 10.6 Å². The fourth-order valence-corrected chi connectivity index (χ4v) is 1.89. The molecule has 16 heavy (non-hydrogen) atoms. The van der Waals surface area contributed by atoms with Crippen molar-refractivity contribution in [1.82, 2.24) is 10.6 Å². The van der Waals surface area contributed by atoms with E-state index in [9.17, 15) is 9.59 Å². The van der Waals surface area contributed by atoms with E-state index in [0.717, 1.165) is 4.88 Å². The Hall–Kier alpha value is -1.40. The predicted octanol–water partition coefficient (Wildman–Crippen LogP) is 0.000200. The number of carbonyl (C=O) groups is 2. The second-order valence-electron chi connectivity index (χ2n) is 3.29. The van der Waals surface area contributed by atoms with Crippen molar-refractivity contribution >= 4 is 23.2 Å². The summed E-state index contributed by atoms with van der Waals surface area (Å²) in [6.45, 7) is 1.76. The molecule has 0 saturated carbocycles. The van der Waals surface area contributed by atoms with Gasteiger partial charge in [-0.15, -0.1) is 11.3 Å². The van der Waals surface area contributed by atoms with Gasteiger partial charge in [-0.2, -0.15) is 0 Å². The van der Waals surface area contributed by atoms with Gasteiger partial charge in [-0.25, -0.2) is 0 Å². The number of carbonyl (C=O) groups excluding carboxylic acids is 2. The van der Waals surface area contributed by atoms with E-state index in [4.69, 9.17) is 5.73 Å². The Bertz CT molecular complexity index is 351. The van der Waals surface area contributed by atoms with Crippen LogP contribution in [0.1, 0.15) is 17.8 Å². The molecule has 88 valence electrons. The Balaban J connectivity index is 2.32. The zero-order valence-corrected chi connectivity index (χ0v) is 9.84. The lowest BCUT2D eigenvalue weighted by atomic mass is 10.3. The van der Waals surface area contributed by atoms with Crippen molar-refractivity contribution < 1.29 is 9.59 Å². The monoisotopic (exact) mass is 241 g/mol. The van der Waals surface area contributed by atoms with Crippen LogP contribution >= 0.6 is 11.3 Å². The minimum Gasteiger partial charge on any atom is -0.347 e. The fourth-order valence-electron chi connectivity index (χ4n) is 1.15. The number of rotatable bonds is 5. The molecule has 1 rings (SSSR count). The molecule has 0 aromatic carbocycles. The van der Waals surface area contributed by atoms with Crippen LogP contribution in [-0.2, 0) is 9.59 Å². The summed E-state index contributed by atoms with van der Waals surface area (Å²) in [5.74, 6) is -0.554. The van der Waals surface area contributed by atoms with Crippen LogP contribution in [0.25, 0.3) is 0 Å². The van der Waals surface area contributed by atoms with Gasteiger partial charge in [0, 0.05) is 4.88 Å². The number of nitrogens with two attached hydrogens (primary N) is 1. The fraction of sp³-hybridized carbons (Fsp3) is 0.400. The van der Waals surface area contributed by atoms with Gasteiger partial charge in [0.05, 0.1) is 19.1 Å². The van der Waals surface area contributed by atoms with Gasteiger partial charge in [0.15, 0.2) is 0 Å². The van der Waals surface area contributed by atoms with E-state index >= 15 is 0 Å². The summed E-state index contributed by atoms with van der Waals surface area (Å²) in [6.07, 6.45) is 0. The lowest BCUT2D eigenvalue weighted by Crippen LogP contribution is -2.40. The van der Waals surface area contributed by atoms with Crippen LogP contribution in [0.4, 0.5) is 0 Å². The van der Waals surface area contributed by atoms with Crippen molar-refractivity contribution in [3.63, 3.8) is 0 Å². The number of thiophene rings is 1. The highest BCUT2D eigenvalue weighted by Gasteiger charge is 2.10. The van der Waals surface area contributed by atoms with Gasteiger partial charge in [0.1, 0.15) is 0 Å². The largest absolute Gasteiger partial charge is 0.347 e. The molecule has 2 amide bonds. The highest BCUT2D eigenvalue weighted by atomic mass is 32.1. The average molecular weight is 241 g/mol. The molecule has 0 spiro atoms. The highest BCUT2D eigenvalue weighted by molar-refractivity contribution is 7.10. The Morgan fingerprint density at radius 1 is 1.50 bits per heavy atom. The van der Waals surface area contributed by atoms with Crippen molar-refractivity contribution in [2.45, 2.75) is 13.0 Å². The molecular formula is C10H15N3O2S. The maximum absolute atomic E-state index is 11.4. The molecule has 1 aromatic heterocycles. The van der Waals surface area contributed by atoms with Gasteiger partial charge in [0.2, 0.25) is 11.8 Å². The summed E-state index contributed by atoms with van der Waals surface area (Å²) < 4.78 is 0. The van der Waals surface area contributed by atoms with Crippen LogP contribution in [0.3, 0.4) is 0 Å². The van der Waals surface area contributed by atoms with E-state index in [0.29, 0.717) is 0 Å². The molecular weight excluding hydrogens is 226 g/mol. The first-order valence-electron chi connectivity index (χ1n) is 4.93. The molecule has 1 atom stereocenters. The smallest absolute Gasteiger partial charge is 0.239 e. The van der Waals surface area contributed by atoms with Gasteiger partial charge >= 0.3 is 0 Å². The third-order valence-corrected chi connectivity index (χ3v) is 3.03. The van der Waals surface area contributed by atoms with Gasteiger partial charge in [-0.05, 0) is 18.4 Å². The molecule has 1 unspecified atom stereocenters. The number of hydrogen-bond donors (Lipinski definition) is 3. The SMILES string of the molecule is CC(NC(=O)CNC(=O)CN)c1cccs1. The first kappa shape index (κ1) is 12.7. The Labute approximate surface area is 98.0 Å². The molecule has 1 aromatic rings. The van der Waals surface area contributed by atoms with Crippen molar-refractivity contribution in [3.8, 4) is 0 Å². The van der Waals surface area contributed by atoms with E-state index in [-0.39, 0.29) is 30.9 Å². The summed E-state index contributed by atoms with van der Waals surface area (Å²) in [5.41, 5.74) is 5.09. The quantitative estimate of drug-likeness (QED) is 0.678. The molecule has 1 heterocycles. The van der Waals surface area contributed by atoms with Crippen molar-refractivity contribution in [3.05, 3.63) is 22.4 Å². The predicted molar refractivity (Wildman–Crippen MR) is 62.9 cm³/mol. The van der Waals surface area contributed by atoms with Crippen LogP contribution in [0.5, 0.6) is 0 Å². The van der Waals surface area contributed by atoms with Crippen LogP contribution in [0, 0.1) is 0 Å². The Morgan fingerprint density at radius 3 is 2.81 bits per heavy atom. The van der Waals surface area contributed by atoms with Crippen molar-refractivity contribution in [2.24, 2.45) is 5.73 Å². The maximum atomic E-state index is 11.4. The zero-order chi connectivity index (χ0) is 12.0. The van der Waals surface area contributed by atoms with Crippen LogP contribution in [0.15, 0.2) is 17.5 Å². The Kier molecular flexibility index (Phi) is 4.94. The summed E-state index contributed by atoms with van der Waals surface area (Å²) in [7, 11) is 0. The van der Waals surface area contributed by atoms with Crippen LogP contribution in [0.2, 0.25) is 0 Å². The topological polar surface area (TPSA) is 84.2 Å². The van der Waals surface area contributed by atoms with E-state index in [1.807, 2.05) is 24.4 Å². The average Bonchev–Trinajstić information content (AvgIpc) is 2.79. The molecule has 0 saturated heterocycles. The lowest BCUT2D eigenvalue weighted by Gasteiger charge is -2.12. The van der Waals surface area contributed by atoms with Gasteiger partial charge in [0.25, 0.3) is 0 Å². The normalized spacial score (nSPS) is 11.9. The molecule has 5 nitrogen and oxygen atoms in total. The lowest BCUT2D eigenvalue weighted by molar-refractivity contribution is -0.125. The maximum Gasteiger partial charge on any atom is 0.239 e. The van der Waals surface area contributed by atoms with E-state index in [1.165, 1.54) is 0 Å². The second-order valence-corrected chi connectivity index (χ2v) is 4.26. The minimum atomic E-state index is -0.334. The molecule has 6 heteroatoms. The second kappa shape index (κ2) is 6.24. The summed E-state index contributed by atoms with van der Waals surface area (Å²) >= 11 is 1.58. The molecule has 0 bridgehead atoms. The number of amides is 2. The summed E-state index contributed by atoms with van der Waals surface area (Å²) in [4.78, 5) is 23.3. The van der Waals surface area contributed by atoms with Gasteiger partial charge in [-0.1, -0.05) is 6.07 Å². The van der Waals surface area contributed by atoms with Crippen molar-refractivity contribution in [1.29, 1.82) is 0 Å². The first-order chi connectivity index (χ1) is 7.63.